The summed E-state index contributed by atoms with van der Waals surface area (Å²) < 4.78 is 10.0. The maximum Gasteiger partial charge on any atom is 0.337 e. The highest BCUT2D eigenvalue weighted by atomic mass is 35.5. The van der Waals surface area contributed by atoms with Crippen molar-refractivity contribution in [3.8, 4) is 5.75 Å². The van der Waals surface area contributed by atoms with E-state index in [1.54, 1.807) is 12.1 Å². The molecule has 2 aromatic rings. The zero-order valence-corrected chi connectivity index (χ0v) is 15.2. The average Bonchev–Trinajstić information content (AvgIpc) is 2.60. The van der Waals surface area contributed by atoms with Gasteiger partial charge in [0.25, 0.3) is 5.91 Å². The van der Waals surface area contributed by atoms with Crippen molar-refractivity contribution in [2.45, 2.75) is 13.0 Å². The molecule has 25 heavy (non-hydrogen) atoms. The standard InChI is InChI=1S/C18H17Cl2NO4/c1-11(12-3-6-14(19)7-4-12)21-17(22)10-25-16-8-5-13(9-15(16)20)18(23)24-2/h3-9,11H,10H2,1-2H3,(H,21,22). The highest BCUT2D eigenvalue weighted by Crippen LogP contribution is 2.25. The van der Waals surface area contributed by atoms with E-state index in [2.05, 4.69) is 10.1 Å². The fourth-order valence-electron chi connectivity index (χ4n) is 2.12. The third-order valence-electron chi connectivity index (χ3n) is 3.46. The van der Waals surface area contributed by atoms with Crippen LogP contribution in [0.2, 0.25) is 10.0 Å². The maximum absolute atomic E-state index is 12.0. The molecule has 0 aliphatic rings. The second-order valence-corrected chi connectivity index (χ2v) is 6.11. The molecule has 1 amide bonds. The maximum atomic E-state index is 12.0. The lowest BCUT2D eigenvalue weighted by molar-refractivity contribution is -0.123. The molecule has 0 radical (unpaired) electrons. The van der Waals surface area contributed by atoms with Gasteiger partial charge in [-0.05, 0) is 42.8 Å². The van der Waals surface area contributed by atoms with E-state index in [9.17, 15) is 9.59 Å². The second-order valence-electron chi connectivity index (χ2n) is 5.27. The first-order valence-corrected chi connectivity index (χ1v) is 8.21. The van der Waals surface area contributed by atoms with Gasteiger partial charge < -0.3 is 14.8 Å². The molecule has 0 aliphatic heterocycles. The van der Waals surface area contributed by atoms with Crippen molar-refractivity contribution in [3.05, 3.63) is 63.6 Å². The van der Waals surface area contributed by atoms with E-state index in [1.165, 1.54) is 25.3 Å². The van der Waals surface area contributed by atoms with Gasteiger partial charge >= 0.3 is 5.97 Å². The number of hydrogen-bond donors (Lipinski definition) is 1. The second kappa shape index (κ2) is 8.74. The van der Waals surface area contributed by atoms with E-state index in [1.807, 2.05) is 19.1 Å². The molecule has 0 heterocycles. The van der Waals surface area contributed by atoms with Gasteiger partial charge in [-0.15, -0.1) is 0 Å². The van der Waals surface area contributed by atoms with Gasteiger partial charge in [-0.2, -0.15) is 0 Å². The molecule has 0 bridgehead atoms. The third kappa shape index (κ3) is 5.37. The quantitative estimate of drug-likeness (QED) is 0.766. The highest BCUT2D eigenvalue weighted by molar-refractivity contribution is 6.32. The summed E-state index contributed by atoms with van der Waals surface area (Å²) in [4.78, 5) is 23.4. The van der Waals surface area contributed by atoms with E-state index in [0.29, 0.717) is 16.3 Å². The van der Waals surface area contributed by atoms with Crippen molar-refractivity contribution in [2.24, 2.45) is 0 Å². The van der Waals surface area contributed by atoms with Gasteiger partial charge in [-0.25, -0.2) is 4.79 Å². The molecule has 0 aromatic heterocycles. The fourth-order valence-corrected chi connectivity index (χ4v) is 2.49. The molecule has 7 heteroatoms. The van der Waals surface area contributed by atoms with Crippen molar-refractivity contribution in [1.82, 2.24) is 5.32 Å². The van der Waals surface area contributed by atoms with Crippen LogP contribution in [-0.2, 0) is 9.53 Å². The normalized spacial score (nSPS) is 11.5. The van der Waals surface area contributed by atoms with Crippen LogP contribution >= 0.6 is 23.2 Å². The van der Waals surface area contributed by atoms with Crippen LogP contribution in [0.5, 0.6) is 5.75 Å². The molecule has 0 spiro atoms. The number of benzene rings is 2. The molecule has 0 aliphatic carbocycles. The van der Waals surface area contributed by atoms with Crippen molar-refractivity contribution in [1.29, 1.82) is 0 Å². The van der Waals surface area contributed by atoms with Crippen LogP contribution in [-0.4, -0.2) is 25.6 Å². The van der Waals surface area contributed by atoms with Gasteiger partial charge in [-0.1, -0.05) is 35.3 Å². The van der Waals surface area contributed by atoms with Crippen molar-refractivity contribution >= 4 is 35.1 Å². The molecule has 0 fully saturated rings. The summed E-state index contributed by atoms with van der Waals surface area (Å²) >= 11 is 11.9. The van der Waals surface area contributed by atoms with Gasteiger partial charge in [0.05, 0.1) is 23.7 Å². The largest absolute Gasteiger partial charge is 0.482 e. The Balaban J connectivity index is 1.91. The van der Waals surface area contributed by atoms with Crippen molar-refractivity contribution in [2.75, 3.05) is 13.7 Å². The number of rotatable bonds is 6. The van der Waals surface area contributed by atoms with Gasteiger partial charge in [-0.3, -0.25) is 4.79 Å². The number of hydrogen-bond acceptors (Lipinski definition) is 4. The third-order valence-corrected chi connectivity index (χ3v) is 4.01. The Morgan fingerprint density at radius 1 is 1.12 bits per heavy atom. The summed E-state index contributed by atoms with van der Waals surface area (Å²) in [5.41, 5.74) is 1.24. The zero-order chi connectivity index (χ0) is 18.4. The molecule has 0 saturated heterocycles. The first-order chi connectivity index (χ1) is 11.9. The molecule has 2 aromatic carbocycles. The first kappa shape index (κ1) is 19.1. The predicted octanol–water partition coefficient (Wildman–Crippen LogP) is 4.04. The number of nitrogens with one attached hydrogen (secondary N) is 1. The summed E-state index contributed by atoms with van der Waals surface area (Å²) in [5, 5.41) is 3.68. The number of esters is 1. The molecular formula is C18H17Cl2NO4. The van der Waals surface area contributed by atoms with Crippen LogP contribution in [0.15, 0.2) is 42.5 Å². The van der Waals surface area contributed by atoms with Crippen molar-refractivity contribution < 1.29 is 19.1 Å². The number of ether oxygens (including phenoxy) is 2. The summed E-state index contributed by atoms with van der Waals surface area (Å²) in [6.07, 6.45) is 0. The molecule has 132 valence electrons. The minimum Gasteiger partial charge on any atom is -0.482 e. The van der Waals surface area contributed by atoms with E-state index in [0.717, 1.165) is 5.56 Å². The van der Waals surface area contributed by atoms with E-state index in [4.69, 9.17) is 27.9 Å². The number of amides is 1. The lowest BCUT2D eigenvalue weighted by atomic mass is 10.1. The Hall–Kier alpha value is -2.24. The van der Waals surface area contributed by atoms with Crippen LogP contribution in [0, 0.1) is 0 Å². The molecule has 1 unspecified atom stereocenters. The molecule has 2 rings (SSSR count). The smallest absolute Gasteiger partial charge is 0.337 e. The zero-order valence-electron chi connectivity index (χ0n) is 13.7. The monoisotopic (exact) mass is 381 g/mol. The summed E-state index contributed by atoms with van der Waals surface area (Å²) in [6, 6.07) is 11.5. The number of methoxy groups -OCH3 is 1. The van der Waals surface area contributed by atoms with E-state index < -0.39 is 5.97 Å². The molecule has 0 saturated carbocycles. The number of halogens is 2. The molecule has 5 nitrogen and oxygen atoms in total. The summed E-state index contributed by atoms with van der Waals surface area (Å²) in [6.45, 7) is 1.66. The van der Waals surface area contributed by atoms with Gasteiger partial charge in [0, 0.05) is 5.02 Å². The predicted molar refractivity (Wildman–Crippen MR) is 96.3 cm³/mol. The van der Waals surface area contributed by atoms with Crippen LogP contribution in [0.3, 0.4) is 0 Å². The van der Waals surface area contributed by atoms with E-state index >= 15 is 0 Å². The number of carbonyl (C=O) groups excluding carboxylic acids is 2. The van der Waals surface area contributed by atoms with Gasteiger partial charge in [0.15, 0.2) is 6.61 Å². The van der Waals surface area contributed by atoms with E-state index in [-0.39, 0.29) is 23.6 Å². The Morgan fingerprint density at radius 2 is 1.80 bits per heavy atom. The van der Waals surface area contributed by atoms with Crippen LogP contribution in [0.4, 0.5) is 0 Å². The Bertz CT molecular complexity index is 762. The Kier molecular flexibility index (Phi) is 6.67. The van der Waals surface area contributed by atoms with Gasteiger partial charge in [0.1, 0.15) is 5.75 Å². The van der Waals surface area contributed by atoms with Crippen LogP contribution in [0.25, 0.3) is 0 Å². The SMILES string of the molecule is COC(=O)c1ccc(OCC(=O)NC(C)c2ccc(Cl)cc2)c(Cl)c1. The molecule has 1 atom stereocenters. The number of carbonyl (C=O) groups is 2. The minimum absolute atomic E-state index is 0.189. The van der Waals surface area contributed by atoms with Gasteiger partial charge in [0.2, 0.25) is 0 Å². The highest BCUT2D eigenvalue weighted by Gasteiger charge is 2.13. The van der Waals surface area contributed by atoms with Crippen LogP contribution < -0.4 is 10.1 Å². The molecule has 1 N–H and O–H groups in total. The Morgan fingerprint density at radius 3 is 2.40 bits per heavy atom. The van der Waals surface area contributed by atoms with Crippen molar-refractivity contribution in [3.63, 3.8) is 0 Å². The minimum atomic E-state index is -0.497. The Labute approximate surface area is 155 Å². The first-order valence-electron chi connectivity index (χ1n) is 7.46. The lowest BCUT2D eigenvalue weighted by Gasteiger charge is -2.15. The lowest BCUT2D eigenvalue weighted by Crippen LogP contribution is -2.31. The summed E-state index contributed by atoms with van der Waals surface area (Å²) in [5.74, 6) is -0.484. The average molecular weight is 382 g/mol. The van der Waals surface area contributed by atoms with Crippen LogP contribution in [0.1, 0.15) is 28.9 Å². The molecular weight excluding hydrogens is 365 g/mol. The fraction of sp³-hybridized carbons (Fsp3) is 0.222. The summed E-state index contributed by atoms with van der Waals surface area (Å²) in [7, 11) is 1.28. The topological polar surface area (TPSA) is 64.6 Å².